The summed E-state index contributed by atoms with van der Waals surface area (Å²) in [7, 11) is 0. The van der Waals surface area contributed by atoms with E-state index in [1.807, 2.05) is 0 Å². The van der Waals surface area contributed by atoms with Crippen LogP contribution in [0.3, 0.4) is 0 Å². The zero-order valence-electron chi connectivity index (χ0n) is 10.3. The number of halogens is 1. The highest BCUT2D eigenvalue weighted by molar-refractivity contribution is 5.85. The predicted molar refractivity (Wildman–Crippen MR) is 68.2 cm³/mol. The molecule has 0 aliphatic heterocycles. The first kappa shape index (κ1) is 12.1. The van der Waals surface area contributed by atoms with Crippen LogP contribution < -0.4 is 10.2 Å². The van der Waals surface area contributed by atoms with Crippen molar-refractivity contribution in [3.8, 4) is 0 Å². The first-order valence-corrected chi connectivity index (χ1v) is 6.59. The molecule has 4 aliphatic rings. The molecule has 0 atom stereocenters. The van der Waals surface area contributed by atoms with Crippen molar-refractivity contribution in [2.45, 2.75) is 44.1 Å². The van der Waals surface area contributed by atoms with Gasteiger partial charge in [-0.15, -0.1) is 12.4 Å². The van der Waals surface area contributed by atoms with Crippen molar-refractivity contribution in [3.05, 3.63) is 11.9 Å². The third-order valence-electron chi connectivity index (χ3n) is 4.86. The summed E-state index contributed by atoms with van der Waals surface area (Å²) in [6.45, 7) is 0. The summed E-state index contributed by atoms with van der Waals surface area (Å²) in [5.41, 5.74) is 11.1. The van der Waals surface area contributed by atoms with E-state index in [1.54, 1.807) is 11.0 Å². The van der Waals surface area contributed by atoms with E-state index in [0.29, 0.717) is 0 Å². The summed E-state index contributed by atoms with van der Waals surface area (Å²) in [4.78, 5) is 1.61. The van der Waals surface area contributed by atoms with Gasteiger partial charge in [0.2, 0.25) is 5.27 Å². The van der Waals surface area contributed by atoms with Crippen molar-refractivity contribution in [1.82, 2.24) is 5.27 Å². The molecule has 0 saturated heterocycles. The van der Waals surface area contributed by atoms with Crippen LogP contribution in [-0.2, 0) is 0 Å². The van der Waals surface area contributed by atoms with E-state index in [1.165, 1.54) is 38.5 Å². The highest BCUT2D eigenvalue weighted by Crippen LogP contribution is 2.55. The molecule has 5 rings (SSSR count). The highest BCUT2D eigenvalue weighted by Gasteiger charge is 2.53. The third kappa shape index (κ3) is 1.85. The minimum absolute atomic E-state index is 0. The second-order valence-electron chi connectivity index (χ2n) is 6.32. The smallest absolute Gasteiger partial charge is 0.256 e. The van der Waals surface area contributed by atoms with E-state index in [2.05, 4.69) is 10.7 Å². The average molecular weight is 271 g/mol. The molecule has 5 nitrogen and oxygen atoms in total. The quantitative estimate of drug-likeness (QED) is 0.840. The molecule has 0 spiro atoms. The Balaban J connectivity index is 0.000001000. The first-order valence-electron chi connectivity index (χ1n) is 6.59. The zero-order valence-corrected chi connectivity index (χ0v) is 11.1. The summed E-state index contributed by atoms with van der Waals surface area (Å²) >= 11 is 0. The lowest BCUT2D eigenvalue weighted by molar-refractivity contribution is -0.727. The molecular weight excluding hydrogens is 252 g/mol. The van der Waals surface area contributed by atoms with Gasteiger partial charge in [-0.05, 0) is 56.3 Å². The number of aromatic nitrogens is 2. The van der Waals surface area contributed by atoms with Gasteiger partial charge in [-0.25, -0.2) is 0 Å². The topological polar surface area (TPSA) is 65.7 Å². The largest absolute Gasteiger partial charge is 0.660 e. The Bertz CT molecular complexity index is 412. The molecule has 0 amide bonds. The van der Waals surface area contributed by atoms with Crippen molar-refractivity contribution in [2.24, 2.45) is 17.8 Å². The molecule has 1 aromatic rings. The number of hydrogen-bond donors (Lipinski definition) is 1. The van der Waals surface area contributed by atoms with Gasteiger partial charge in [-0.3, -0.25) is 0 Å². The average Bonchev–Trinajstić information content (AvgIpc) is 2.60. The second kappa shape index (κ2) is 4.02. The minimum atomic E-state index is 0. The van der Waals surface area contributed by atoms with Crippen LogP contribution in [0, 0.1) is 17.8 Å². The maximum atomic E-state index is 7.37. The fourth-order valence-electron chi connectivity index (χ4n) is 4.79. The Morgan fingerprint density at radius 1 is 1.22 bits per heavy atom. The van der Waals surface area contributed by atoms with E-state index in [9.17, 15) is 0 Å². The fraction of sp³-hybridized carbons (Fsp3) is 0.833. The molecule has 0 aromatic carbocycles. The van der Waals surface area contributed by atoms with Gasteiger partial charge in [-0.1, -0.05) is 0 Å². The molecule has 4 saturated carbocycles. The fourth-order valence-corrected chi connectivity index (χ4v) is 4.79. The highest BCUT2D eigenvalue weighted by atomic mass is 35.5. The maximum absolute atomic E-state index is 7.37. The maximum Gasteiger partial charge on any atom is 0.256 e. The lowest BCUT2D eigenvalue weighted by Gasteiger charge is -2.54. The SMILES string of the molecule is Cl.[NH-]c1c[n+](NC23CC4CC(CC(C4)C2)C3)no1. The van der Waals surface area contributed by atoms with Gasteiger partial charge in [-0.2, -0.15) is 5.43 Å². The van der Waals surface area contributed by atoms with Crippen molar-refractivity contribution in [1.29, 1.82) is 0 Å². The van der Waals surface area contributed by atoms with Crippen LogP contribution >= 0.6 is 12.4 Å². The van der Waals surface area contributed by atoms with Crippen molar-refractivity contribution in [3.63, 3.8) is 0 Å². The lowest BCUT2D eigenvalue weighted by Crippen LogP contribution is -2.65. The summed E-state index contributed by atoms with van der Waals surface area (Å²) in [5.74, 6) is 2.85. The van der Waals surface area contributed by atoms with Crippen LogP contribution in [-0.4, -0.2) is 10.8 Å². The monoisotopic (exact) mass is 270 g/mol. The molecular formula is C12H19ClN4O. The standard InChI is InChI=1S/C12H18N4O.ClH/c13-11-7-16(15-17-11)14-12-4-8-1-9(5-12)3-10(2-8)6-12;/h7-10,13H,1-6H2,(H,14,15);1H. The number of nitrogens with zero attached hydrogens (tertiary/aromatic N) is 2. The number of nitrogens with one attached hydrogen (secondary N) is 2. The molecule has 1 aromatic heterocycles. The van der Waals surface area contributed by atoms with Crippen molar-refractivity contribution in [2.75, 3.05) is 5.43 Å². The Labute approximate surface area is 112 Å². The molecule has 0 unspecified atom stereocenters. The Morgan fingerprint density at radius 2 is 1.78 bits per heavy atom. The minimum Gasteiger partial charge on any atom is -0.660 e. The van der Waals surface area contributed by atoms with Gasteiger partial charge in [0, 0.05) is 0 Å². The zero-order chi connectivity index (χ0) is 11.5. The third-order valence-corrected chi connectivity index (χ3v) is 4.86. The normalized spacial score (nSPS) is 40.6. The van der Waals surface area contributed by atoms with Gasteiger partial charge < -0.3 is 10.3 Å². The Hall–Kier alpha value is -0.970. The van der Waals surface area contributed by atoms with Gasteiger partial charge in [0.15, 0.2) is 0 Å². The van der Waals surface area contributed by atoms with E-state index < -0.39 is 0 Å². The van der Waals surface area contributed by atoms with Crippen LogP contribution in [0.25, 0.3) is 5.73 Å². The predicted octanol–water partition coefficient (Wildman–Crippen LogP) is 2.58. The summed E-state index contributed by atoms with van der Waals surface area (Å²) in [5, 5.41) is 3.83. The van der Waals surface area contributed by atoms with Crippen LogP contribution in [0.4, 0.5) is 5.88 Å². The number of rotatable bonds is 2. The van der Waals surface area contributed by atoms with Crippen LogP contribution in [0.5, 0.6) is 0 Å². The second-order valence-corrected chi connectivity index (χ2v) is 6.32. The molecule has 18 heavy (non-hydrogen) atoms. The van der Waals surface area contributed by atoms with Crippen LogP contribution in [0.2, 0.25) is 0 Å². The van der Waals surface area contributed by atoms with Crippen LogP contribution in [0.1, 0.15) is 38.5 Å². The first-order chi connectivity index (χ1) is 8.21. The summed E-state index contributed by atoms with van der Waals surface area (Å²) < 4.78 is 4.80. The van der Waals surface area contributed by atoms with E-state index >= 15 is 0 Å². The van der Waals surface area contributed by atoms with Gasteiger partial charge >= 0.3 is 0 Å². The van der Waals surface area contributed by atoms with Crippen molar-refractivity contribution >= 4 is 18.3 Å². The summed E-state index contributed by atoms with van der Waals surface area (Å²) in [6.07, 6.45) is 9.74. The molecule has 4 aliphatic carbocycles. The molecule has 2 N–H and O–H groups in total. The molecule has 6 heteroatoms. The number of hydrogen-bond acceptors (Lipinski definition) is 3. The van der Waals surface area contributed by atoms with Crippen LogP contribution in [0.15, 0.2) is 10.7 Å². The summed E-state index contributed by atoms with van der Waals surface area (Å²) in [6, 6.07) is 0. The Kier molecular flexibility index (Phi) is 2.70. The molecule has 4 fully saturated rings. The van der Waals surface area contributed by atoms with E-state index in [-0.39, 0.29) is 23.8 Å². The van der Waals surface area contributed by atoms with E-state index in [0.717, 1.165) is 17.8 Å². The molecule has 4 bridgehead atoms. The van der Waals surface area contributed by atoms with Gasteiger partial charge in [0.05, 0.1) is 10.3 Å². The molecule has 100 valence electrons. The van der Waals surface area contributed by atoms with E-state index in [4.69, 9.17) is 10.3 Å². The van der Waals surface area contributed by atoms with Crippen molar-refractivity contribution < 1.29 is 9.31 Å². The lowest BCUT2D eigenvalue weighted by atomic mass is 9.53. The molecule has 0 radical (unpaired) electrons. The van der Waals surface area contributed by atoms with Gasteiger partial charge in [0.25, 0.3) is 6.20 Å². The Morgan fingerprint density at radius 3 is 2.22 bits per heavy atom. The van der Waals surface area contributed by atoms with Gasteiger partial charge in [0.1, 0.15) is 5.88 Å². The molecule has 1 heterocycles.